The Morgan fingerprint density at radius 3 is 2.25 bits per heavy atom. The summed E-state index contributed by atoms with van der Waals surface area (Å²) in [4.78, 5) is 28.6. The van der Waals surface area contributed by atoms with E-state index in [1.807, 2.05) is 67.6 Å². The molecule has 1 aliphatic heterocycles. The molecular weight excluding hydrogens is 352 g/mol. The molecule has 0 N–H and O–H groups in total. The van der Waals surface area contributed by atoms with E-state index in [9.17, 15) is 9.59 Å². The molecule has 0 spiro atoms. The van der Waals surface area contributed by atoms with Gasteiger partial charge in [-0.2, -0.15) is 0 Å². The number of piperazine rings is 1. The molecule has 28 heavy (non-hydrogen) atoms. The average molecular weight is 380 g/mol. The summed E-state index contributed by atoms with van der Waals surface area (Å²) in [5.41, 5.74) is 2.20. The van der Waals surface area contributed by atoms with Gasteiger partial charge in [-0.15, -0.1) is 0 Å². The van der Waals surface area contributed by atoms with Crippen molar-refractivity contribution in [2.24, 2.45) is 0 Å². The second-order valence-electron chi connectivity index (χ2n) is 7.19. The van der Waals surface area contributed by atoms with E-state index in [0.29, 0.717) is 26.3 Å². The Bertz CT molecular complexity index is 764. The molecule has 5 nitrogen and oxygen atoms in total. The van der Waals surface area contributed by atoms with Gasteiger partial charge < -0.3 is 14.5 Å². The lowest BCUT2D eigenvalue weighted by molar-refractivity contribution is -0.155. The van der Waals surface area contributed by atoms with Gasteiger partial charge in [-0.1, -0.05) is 60.7 Å². The summed E-state index contributed by atoms with van der Waals surface area (Å²) in [5, 5.41) is 0. The Hall–Kier alpha value is -2.66. The van der Waals surface area contributed by atoms with Crippen molar-refractivity contribution < 1.29 is 14.3 Å². The summed E-state index contributed by atoms with van der Waals surface area (Å²) >= 11 is 0. The van der Waals surface area contributed by atoms with Crippen LogP contribution in [0.2, 0.25) is 0 Å². The first-order valence-corrected chi connectivity index (χ1v) is 9.89. The lowest BCUT2D eigenvalue weighted by atomic mass is 10.1. The van der Waals surface area contributed by atoms with Gasteiger partial charge in [-0.05, 0) is 30.9 Å². The summed E-state index contributed by atoms with van der Waals surface area (Å²) in [7, 11) is 0. The molecule has 2 aromatic carbocycles. The number of hydrogen-bond acceptors (Lipinski definition) is 3. The molecule has 0 aliphatic carbocycles. The molecule has 1 fully saturated rings. The van der Waals surface area contributed by atoms with Gasteiger partial charge in [0, 0.05) is 19.7 Å². The van der Waals surface area contributed by atoms with Gasteiger partial charge in [0.1, 0.15) is 12.6 Å². The Labute approximate surface area is 166 Å². The van der Waals surface area contributed by atoms with Gasteiger partial charge in [0.25, 0.3) is 0 Å². The van der Waals surface area contributed by atoms with Crippen LogP contribution in [0.4, 0.5) is 0 Å². The number of ether oxygens (including phenoxy) is 1. The monoisotopic (exact) mass is 380 g/mol. The zero-order chi connectivity index (χ0) is 19.8. The second-order valence-corrected chi connectivity index (χ2v) is 7.19. The molecular formula is C23H28N2O3. The van der Waals surface area contributed by atoms with Crippen molar-refractivity contribution in [3.05, 3.63) is 71.8 Å². The average Bonchev–Trinajstić information content (AvgIpc) is 2.72. The van der Waals surface area contributed by atoms with Crippen molar-refractivity contribution in [3.8, 4) is 0 Å². The van der Waals surface area contributed by atoms with Crippen molar-refractivity contribution in [1.29, 1.82) is 0 Å². The van der Waals surface area contributed by atoms with Crippen molar-refractivity contribution in [2.45, 2.75) is 39.0 Å². The van der Waals surface area contributed by atoms with Gasteiger partial charge in [0.15, 0.2) is 0 Å². The van der Waals surface area contributed by atoms with E-state index in [2.05, 4.69) is 0 Å². The van der Waals surface area contributed by atoms with Crippen molar-refractivity contribution in [2.75, 3.05) is 19.7 Å². The number of benzene rings is 2. The van der Waals surface area contributed by atoms with Crippen LogP contribution < -0.4 is 0 Å². The van der Waals surface area contributed by atoms with Crippen LogP contribution in [0.1, 0.15) is 30.9 Å². The number of nitrogens with zero attached hydrogens (tertiary/aromatic N) is 2. The molecule has 0 bridgehead atoms. The van der Waals surface area contributed by atoms with Gasteiger partial charge in [-0.3, -0.25) is 9.59 Å². The molecule has 148 valence electrons. The first kappa shape index (κ1) is 20.1. The van der Waals surface area contributed by atoms with Crippen LogP contribution in [-0.2, 0) is 27.5 Å². The van der Waals surface area contributed by atoms with E-state index in [-0.39, 0.29) is 18.4 Å². The zero-order valence-corrected chi connectivity index (χ0v) is 16.4. The molecule has 0 aromatic heterocycles. The van der Waals surface area contributed by atoms with E-state index < -0.39 is 6.04 Å². The maximum Gasteiger partial charge on any atom is 0.245 e. The summed E-state index contributed by atoms with van der Waals surface area (Å²) in [5.74, 6) is 0.0389. The van der Waals surface area contributed by atoms with E-state index in [1.165, 1.54) is 0 Å². The predicted molar refractivity (Wildman–Crippen MR) is 108 cm³/mol. The van der Waals surface area contributed by atoms with E-state index in [1.54, 1.807) is 9.80 Å². The molecule has 3 rings (SSSR count). The molecule has 5 heteroatoms. The summed E-state index contributed by atoms with van der Waals surface area (Å²) < 4.78 is 5.69. The minimum Gasteiger partial charge on any atom is -0.377 e. The largest absolute Gasteiger partial charge is 0.377 e. The summed E-state index contributed by atoms with van der Waals surface area (Å²) in [6.45, 7) is 4.31. The minimum atomic E-state index is -0.407. The van der Waals surface area contributed by atoms with Crippen LogP contribution in [0.5, 0.6) is 0 Å². The van der Waals surface area contributed by atoms with Crippen LogP contribution in [0.3, 0.4) is 0 Å². The topological polar surface area (TPSA) is 49.9 Å². The molecule has 1 heterocycles. The van der Waals surface area contributed by atoms with Crippen LogP contribution in [0, 0.1) is 0 Å². The number of amides is 2. The van der Waals surface area contributed by atoms with Crippen molar-refractivity contribution >= 4 is 11.8 Å². The summed E-state index contributed by atoms with van der Waals surface area (Å²) in [6.07, 6.45) is 1.70. The standard InChI is InChI=1S/C23H28N2O3/c1-19-23(27)24(16-20-10-4-2-5-11-20)17-22(26)25(19)14-8-9-15-28-18-21-12-6-3-7-13-21/h2-7,10-13,19H,8-9,14-18H2,1H3/t19-/m1/s1. The minimum absolute atomic E-state index is 0.0174. The maximum atomic E-state index is 12.7. The number of carbonyl (C=O) groups is 2. The van der Waals surface area contributed by atoms with Crippen molar-refractivity contribution in [3.63, 3.8) is 0 Å². The number of hydrogen-bond donors (Lipinski definition) is 0. The lowest BCUT2D eigenvalue weighted by Crippen LogP contribution is -2.58. The second kappa shape index (κ2) is 10.0. The number of carbonyl (C=O) groups excluding carboxylic acids is 2. The van der Waals surface area contributed by atoms with Gasteiger partial charge in [0.05, 0.1) is 6.61 Å². The van der Waals surface area contributed by atoms with E-state index in [4.69, 9.17) is 4.74 Å². The molecule has 1 saturated heterocycles. The maximum absolute atomic E-state index is 12.7. The number of rotatable bonds is 9. The van der Waals surface area contributed by atoms with E-state index >= 15 is 0 Å². The first-order valence-electron chi connectivity index (χ1n) is 9.89. The first-order chi connectivity index (χ1) is 13.6. The highest BCUT2D eigenvalue weighted by Crippen LogP contribution is 2.16. The van der Waals surface area contributed by atoms with Gasteiger partial charge >= 0.3 is 0 Å². The van der Waals surface area contributed by atoms with Gasteiger partial charge in [0.2, 0.25) is 11.8 Å². The van der Waals surface area contributed by atoms with Crippen molar-refractivity contribution in [1.82, 2.24) is 9.80 Å². The van der Waals surface area contributed by atoms with Crippen LogP contribution >= 0.6 is 0 Å². The fraction of sp³-hybridized carbons (Fsp3) is 0.391. The normalized spacial score (nSPS) is 17.2. The van der Waals surface area contributed by atoms with E-state index in [0.717, 1.165) is 24.0 Å². The Morgan fingerprint density at radius 2 is 1.57 bits per heavy atom. The molecule has 1 atom stereocenters. The fourth-order valence-electron chi connectivity index (χ4n) is 3.45. The fourth-order valence-corrected chi connectivity index (χ4v) is 3.45. The molecule has 1 aliphatic rings. The van der Waals surface area contributed by atoms with Crippen LogP contribution in [-0.4, -0.2) is 47.4 Å². The smallest absolute Gasteiger partial charge is 0.245 e. The molecule has 2 aromatic rings. The highest BCUT2D eigenvalue weighted by molar-refractivity contribution is 5.94. The molecule has 0 radical (unpaired) electrons. The van der Waals surface area contributed by atoms with Gasteiger partial charge in [-0.25, -0.2) is 0 Å². The number of unbranched alkanes of at least 4 members (excludes halogenated alkanes) is 1. The Morgan fingerprint density at radius 1 is 0.929 bits per heavy atom. The lowest BCUT2D eigenvalue weighted by Gasteiger charge is -2.38. The zero-order valence-electron chi connectivity index (χ0n) is 16.4. The van der Waals surface area contributed by atoms with Crippen LogP contribution in [0.25, 0.3) is 0 Å². The SMILES string of the molecule is C[C@@H]1C(=O)N(Cc2ccccc2)CC(=O)N1CCCCOCc1ccccc1. The van der Waals surface area contributed by atoms with Crippen LogP contribution in [0.15, 0.2) is 60.7 Å². The third-order valence-corrected chi connectivity index (χ3v) is 5.05. The summed E-state index contributed by atoms with van der Waals surface area (Å²) in [6, 6.07) is 19.5. The quantitative estimate of drug-likeness (QED) is 0.628. The predicted octanol–water partition coefficient (Wildman–Crippen LogP) is 3.24. The third-order valence-electron chi connectivity index (χ3n) is 5.05. The Kier molecular flexibility index (Phi) is 7.20. The highest BCUT2D eigenvalue weighted by atomic mass is 16.5. The third kappa shape index (κ3) is 5.42. The highest BCUT2D eigenvalue weighted by Gasteiger charge is 2.35. The molecule has 0 unspecified atom stereocenters. The molecule has 0 saturated carbocycles. The molecule has 2 amide bonds. The Balaban J connectivity index is 1.40.